The minimum absolute atomic E-state index is 0. The Hall–Kier alpha value is -1.79. The van der Waals surface area contributed by atoms with Crippen molar-refractivity contribution >= 4 is 29.3 Å². The smallest absolute Gasteiger partial charge is 0.379 e. The first kappa shape index (κ1) is 17.3. The summed E-state index contributed by atoms with van der Waals surface area (Å²) in [4.78, 5) is 15.3. The van der Waals surface area contributed by atoms with Crippen molar-refractivity contribution in [3.05, 3.63) is 42.1 Å². The Labute approximate surface area is 126 Å². The van der Waals surface area contributed by atoms with E-state index >= 15 is 0 Å². The van der Waals surface area contributed by atoms with Crippen LogP contribution in [0.2, 0.25) is 0 Å². The third-order valence-corrected chi connectivity index (χ3v) is 2.88. The van der Waals surface area contributed by atoms with Crippen molar-refractivity contribution in [2.45, 2.75) is 18.9 Å². The maximum Gasteiger partial charge on any atom is 0.379 e. The molecule has 0 saturated carbocycles. The molecule has 0 aliphatic rings. The zero-order chi connectivity index (χ0) is 14.8. The van der Waals surface area contributed by atoms with E-state index in [2.05, 4.69) is 9.72 Å². The highest BCUT2D eigenvalue weighted by atomic mass is 35.5. The minimum Gasteiger partial charge on any atom is -0.462 e. The number of halogens is 3. The van der Waals surface area contributed by atoms with E-state index in [1.807, 2.05) is 6.07 Å². The number of esters is 1. The van der Waals surface area contributed by atoms with Gasteiger partial charge in [0, 0.05) is 5.39 Å². The largest absolute Gasteiger partial charge is 0.462 e. The second-order valence-corrected chi connectivity index (χ2v) is 4.25. The highest BCUT2D eigenvalue weighted by Crippen LogP contribution is 2.30. The number of alkyl halides is 2. The summed E-state index contributed by atoms with van der Waals surface area (Å²) >= 11 is 0. The molecule has 4 nitrogen and oxygen atoms in total. The van der Waals surface area contributed by atoms with Crippen molar-refractivity contribution in [1.29, 1.82) is 0 Å². The van der Waals surface area contributed by atoms with Crippen LogP contribution in [-0.4, -0.2) is 23.5 Å². The van der Waals surface area contributed by atoms with Crippen LogP contribution in [0.1, 0.15) is 18.7 Å². The predicted molar refractivity (Wildman–Crippen MR) is 77.5 cm³/mol. The number of carbonyl (C=O) groups is 1. The third-order valence-electron chi connectivity index (χ3n) is 2.88. The Morgan fingerprint density at radius 1 is 1.33 bits per heavy atom. The molecule has 1 atom stereocenters. The molecule has 0 aliphatic heterocycles. The monoisotopic (exact) mass is 316 g/mol. The molecule has 1 aromatic carbocycles. The summed E-state index contributed by atoms with van der Waals surface area (Å²) in [5, 5.41) is 0.808. The molecule has 0 aliphatic carbocycles. The number of rotatable bonds is 4. The molecule has 1 heterocycles. The second-order valence-electron chi connectivity index (χ2n) is 4.25. The van der Waals surface area contributed by atoms with Gasteiger partial charge in [0.2, 0.25) is 0 Å². The molecule has 0 saturated heterocycles. The number of pyridine rings is 1. The van der Waals surface area contributed by atoms with Gasteiger partial charge in [0.05, 0.1) is 17.8 Å². The molecule has 2 aromatic rings. The quantitative estimate of drug-likeness (QED) is 0.881. The average molecular weight is 317 g/mol. The lowest BCUT2D eigenvalue weighted by Gasteiger charge is -2.21. The molecule has 7 heteroatoms. The molecule has 0 amide bonds. The number of ether oxygens (including phenoxy) is 1. The van der Waals surface area contributed by atoms with E-state index in [4.69, 9.17) is 5.73 Å². The van der Waals surface area contributed by atoms with Crippen LogP contribution in [0, 0.1) is 0 Å². The lowest BCUT2D eigenvalue weighted by Crippen LogP contribution is -2.42. The van der Waals surface area contributed by atoms with E-state index in [1.54, 1.807) is 24.3 Å². The Morgan fingerprint density at radius 3 is 2.67 bits per heavy atom. The van der Waals surface area contributed by atoms with E-state index in [9.17, 15) is 13.6 Å². The molecule has 2 N–H and O–H groups in total. The first-order valence-corrected chi connectivity index (χ1v) is 6.13. The Bertz CT molecular complexity index is 637. The fraction of sp³-hybridized carbons (Fsp3) is 0.286. The standard InChI is InChI=1S/C14H14F2N2O2.ClH/c1-2-20-13(19)14(15,16)12(17)11-8-7-9-5-3-4-6-10(9)18-11;/h3-8,12H,2,17H2,1H3;1H/t12-;/m1./s1. The lowest BCUT2D eigenvalue weighted by molar-refractivity contribution is -0.175. The van der Waals surface area contributed by atoms with Gasteiger partial charge in [0.25, 0.3) is 0 Å². The van der Waals surface area contributed by atoms with Crippen molar-refractivity contribution in [1.82, 2.24) is 4.98 Å². The fourth-order valence-corrected chi connectivity index (χ4v) is 1.80. The number of fused-ring (bicyclic) bond motifs is 1. The minimum atomic E-state index is -3.81. The highest BCUT2D eigenvalue weighted by molar-refractivity contribution is 5.85. The molecule has 1 aromatic heterocycles. The first-order valence-electron chi connectivity index (χ1n) is 6.13. The van der Waals surface area contributed by atoms with Crippen LogP contribution >= 0.6 is 12.4 Å². The molecular formula is C14H15ClF2N2O2. The van der Waals surface area contributed by atoms with Crippen LogP contribution in [0.25, 0.3) is 10.9 Å². The zero-order valence-corrected chi connectivity index (χ0v) is 12.1. The van der Waals surface area contributed by atoms with Crippen molar-refractivity contribution in [2.24, 2.45) is 5.73 Å². The number of hydrogen-bond donors (Lipinski definition) is 1. The Morgan fingerprint density at radius 2 is 2.00 bits per heavy atom. The van der Waals surface area contributed by atoms with E-state index in [-0.39, 0.29) is 24.7 Å². The summed E-state index contributed by atoms with van der Waals surface area (Å²) in [6.45, 7) is 1.32. The predicted octanol–water partition coefficient (Wildman–Crippen LogP) is 2.85. The summed E-state index contributed by atoms with van der Waals surface area (Å²) in [7, 11) is 0. The summed E-state index contributed by atoms with van der Waals surface area (Å²) in [5.41, 5.74) is 5.97. The molecule has 0 bridgehead atoms. The maximum atomic E-state index is 13.8. The number of hydrogen-bond acceptors (Lipinski definition) is 4. The van der Waals surface area contributed by atoms with Gasteiger partial charge in [-0.25, -0.2) is 4.79 Å². The molecule has 0 unspecified atom stereocenters. The molecular weight excluding hydrogens is 302 g/mol. The maximum absolute atomic E-state index is 13.8. The van der Waals surface area contributed by atoms with Crippen molar-refractivity contribution < 1.29 is 18.3 Å². The number of nitrogens with zero attached hydrogens (tertiary/aromatic N) is 1. The first-order chi connectivity index (χ1) is 9.46. The number of benzene rings is 1. The van der Waals surface area contributed by atoms with E-state index < -0.39 is 17.9 Å². The van der Waals surface area contributed by atoms with Gasteiger partial charge < -0.3 is 10.5 Å². The van der Waals surface area contributed by atoms with Crippen molar-refractivity contribution in [3.8, 4) is 0 Å². The van der Waals surface area contributed by atoms with Crippen LogP contribution in [0.4, 0.5) is 8.78 Å². The molecule has 2 rings (SSSR count). The SMILES string of the molecule is CCOC(=O)C(F)(F)[C@H](N)c1ccc2ccccc2n1.Cl. The molecule has 0 radical (unpaired) electrons. The van der Waals surface area contributed by atoms with Gasteiger partial charge in [-0.15, -0.1) is 12.4 Å². The zero-order valence-electron chi connectivity index (χ0n) is 11.3. The highest BCUT2D eigenvalue weighted by Gasteiger charge is 2.48. The second kappa shape index (κ2) is 6.78. The molecule has 21 heavy (non-hydrogen) atoms. The summed E-state index contributed by atoms with van der Waals surface area (Å²) in [6.07, 6.45) is 0. The number of aromatic nitrogens is 1. The Balaban J connectivity index is 0.00000220. The third kappa shape index (κ3) is 3.46. The number of carbonyl (C=O) groups excluding carboxylic acids is 1. The summed E-state index contributed by atoms with van der Waals surface area (Å²) in [6, 6.07) is 8.24. The van der Waals surface area contributed by atoms with Crippen LogP contribution in [0.5, 0.6) is 0 Å². The number of para-hydroxylation sites is 1. The van der Waals surface area contributed by atoms with E-state index in [1.165, 1.54) is 13.0 Å². The van der Waals surface area contributed by atoms with Gasteiger partial charge in [-0.1, -0.05) is 24.3 Å². The molecule has 114 valence electrons. The number of nitrogens with two attached hydrogens (primary N) is 1. The fourth-order valence-electron chi connectivity index (χ4n) is 1.80. The van der Waals surface area contributed by atoms with Gasteiger partial charge in [-0.05, 0) is 19.1 Å². The van der Waals surface area contributed by atoms with Gasteiger partial charge in [-0.2, -0.15) is 8.78 Å². The van der Waals surface area contributed by atoms with Crippen LogP contribution < -0.4 is 5.73 Å². The van der Waals surface area contributed by atoms with Crippen molar-refractivity contribution in [3.63, 3.8) is 0 Å². The van der Waals surface area contributed by atoms with Crippen molar-refractivity contribution in [2.75, 3.05) is 6.61 Å². The summed E-state index contributed by atoms with van der Waals surface area (Å²) < 4.78 is 32.0. The average Bonchev–Trinajstić information content (AvgIpc) is 2.46. The van der Waals surface area contributed by atoms with E-state index in [0.29, 0.717) is 5.52 Å². The molecule has 0 spiro atoms. The normalized spacial score (nSPS) is 12.6. The van der Waals surface area contributed by atoms with Gasteiger partial charge >= 0.3 is 11.9 Å². The van der Waals surface area contributed by atoms with E-state index in [0.717, 1.165) is 5.39 Å². The summed E-state index contributed by atoms with van der Waals surface area (Å²) in [5.74, 6) is -5.45. The topological polar surface area (TPSA) is 65.2 Å². The van der Waals surface area contributed by atoms with Crippen LogP contribution in [-0.2, 0) is 9.53 Å². The Kier molecular flexibility index (Phi) is 5.57. The van der Waals surface area contributed by atoms with Gasteiger partial charge in [0.15, 0.2) is 0 Å². The van der Waals surface area contributed by atoms with Crippen LogP contribution in [0.3, 0.4) is 0 Å². The van der Waals surface area contributed by atoms with Crippen LogP contribution in [0.15, 0.2) is 36.4 Å². The van der Waals surface area contributed by atoms with Gasteiger partial charge in [-0.3, -0.25) is 4.98 Å². The lowest BCUT2D eigenvalue weighted by atomic mass is 10.1. The van der Waals surface area contributed by atoms with Gasteiger partial charge in [0.1, 0.15) is 6.04 Å². The molecule has 0 fully saturated rings.